The van der Waals surface area contributed by atoms with Crippen LogP contribution in [0.5, 0.6) is 0 Å². The van der Waals surface area contributed by atoms with Gasteiger partial charge in [-0.3, -0.25) is 14.9 Å². The molecule has 5 nitrogen and oxygen atoms in total. The van der Waals surface area contributed by atoms with Crippen LogP contribution >= 0.6 is 0 Å². The Morgan fingerprint density at radius 3 is 2.89 bits per heavy atom. The largest absolute Gasteiger partial charge is 0.352 e. The van der Waals surface area contributed by atoms with Crippen LogP contribution in [0.25, 0.3) is 0 Å². The molecule has 1 rings (SSSR count). The van der Waals surface area contributed by atoms with E-state index in [9.17, 15) is 14.9 Å². The van der Waals surface area contributed by atoms with Gasteiger partial charge in [-0.2, -0.15) is 0 Å². The fourth-order valence-corrected chi connectivity index (χ4v) is 1.48. The summed E-state index contributed by atoms with van der Waals surface area (Å²) in [7, 11) is 0. The van der Waals surface area contributed by atoms with Crippen molar-refractivity contribution in [3.63, 3.8) is 0 Å². The molecule has 0 atom stereocenters. The maximum absolute atomic E-state index is 11.8. The van der Waals surface area contributed by atoms with Crippen molar-refractivity contribution < 1.29 is 9.72 Å². The summed E-state index contributed by atoms with van der Waals surface area (Å²) in [6.45, 7) is 2.19. The Labute approximate surface area is 105 Å². The van der Waals surface area contributed by atoms with Gasteiger partial charge < -0.3 is 5.32 Å². The Balaban J connectivity index is 2.81. The Kier molecular flexibility index (Phi) is 4.88. The van der Waals surface area contributed by atoms with E-state index in [-0.39, 0.29) is 11.3 Å². The van der Waals surface area contributed by atoms with Gasteiger partial charge >= 0.3 is 0 Å². The minimum atomic E-state index is -0.560. The molecule has 0 aliphatic rings. The number of nitrogens with one attached hydrogen (secondary N) is 1. The van der Waals surface area contributed by atoms with Gasteiger partial charge in [0, 0.05) is 19.0 Å². The highest BCUT2D eigenvalue weighted by molar-refractivity contribution is 5.98. The number of benzene rings is 1. The van der Waals surface area contributed by atoms with Crippen molar-refractivity contribution in [1.82, 2.24) is 5.32 Å². The number of nitro groups is 1. The number of aryl methyl sites for hydroxylation is 1. The summed E-state index contributed by atoms with van der Waals surface area (Å²) >= 11 is 0. The van der Waals surface area contributed by atoms with Crippen LogP contribution in [-0.2, 0) is 0 Å². The van der Waals surface area contributed by atoms with E-state index >= 15 is 0 Å². The summed E-state index contributed by atoms with van der Waals surface area (Å²) in [6, 6.07) is 4.45. The van der Waals surface area contributed by atoms with Gasteiger partial charge in [-0.25, -0.2) is 0 Å². The van der Waals surface area contributed by atoms with Gasteiger partial charge in [0.25, 0.3) is 11.6 Å². The molecule has 0 bridgehead atoms. The van der Waals surface area contributed by atoms with Crippen LogP contribution in [0.2, 0.25) is 0 Å². The van der Waals surface area contributed by atoms with Crippen LogP contribution in [0, 0.1) is 29.4 Å². The first-order valence-electron chi connectivity index (χ1n) is 5.53. The van der Waals surface area contributed by atoms with Gasteiger partial charge in [0.05, 0.1) is 4.92 Å². The van der Waals surface area contributed by atoms with E-state index in [1.165, 1.54) is 12.1 Å². The van der Waals surface area contributed by atoms with E-state index in [1.807, 2.05) is 0 Å². The minimum Gasteiger partial charge on any atom is -0.352 e. The third-order valence-corrected chi connectivity index (χ3v) is 2.38. The smallest absolute Gasteiger partial charge is 0.282 e. The first-order valence-corrected chi connectivity index (χ1v) is 5.53. The molecule has 5 heteroatoms. The van der Waals surface area contributed by atoms with E-state index in [4.69, 9.17) is 6.42 Å². The normalized spacial score (nSPS) is 9.56. The molecular weight excluding hydrogens is 232 g/mol. The van der Waals surface area contributed by atoms with Gasteiger partial charge in [0.1, 0.15) is 5.56 Å². The molecule has 0 spiro atoms. The van der Waals surface area contributed by atoms with E-state index in [2.05, 4.69) is 11.2 Å². The highest BCUT2D eigenvalue weighted by Crippen LogP contribution is 2.19. The average Bonchev–Trinajstić information content (AvgIpc) is 2.34. The number of hydrogen-bond acceptors (Lipinski definition) is 3. The van der Waals surface area contributed by atoms with E-state index in [0.29, 0.717) is 19.4 Å². The summed E-state index contributed by atoms with van der Waals surface area (Å²) < 4.78 is 0. The van der Waals surface area contributed by atoms with E-state index < -0.39 is 10.8 Å². The SMILES string of the molecule is C#CCCCNC(=O)c1cc(C)ccc1[N+](=O)[O-]. The second kappa shape index (κ2) is 6.40. The van der Waals surface area contributed by atoms with Crippen LogP contribution in [0.4, 0.5) is 5.69 Å². The number of carbonyl (C=O) groups excluding carboxylic acids is 1. The number of amides is 1. The Morgan fingerprint density at radius 2 is 2.28 bits per heavy atom. The fraction of sp³-hybridized carbons (Fsp3) is 0.308. The van der Waals surface area contributed by atoms with Gasteiger partial charge in [0.15, 0.2) is 0 Å². The molecule has 0 aliphatic heterocycles. The predicted octanol–water partition coefficient (Wildman–Crippen LogP) is 2.05. The maximum Gasteiger partial charge on any atom is 0.282 e. The lowest BCUT2D eigenvalue weighted by atomic mass is 10.1. The average molecular weight is 246 g/mol. The van der Waals surface area contributed by atoms with Gasteiger partial charge in [-0.15, -0.1) is 12.3 Å². The summed E-state index contributed by atoms with van der Waals surface area (Å²) in [6.07, 6.45) is 6.31. The lowest BCUT2D eigenvalue weighted by Gasteiger charge is -2.05. The molecule has 0 fully saturated rings. The summed E-state index contributed by atoms with van der Waals surface area (Å²) in [5.74, 6) is 2.02. The highest BCUT2D eigenvalue weighted by Gasteiger charge is 2.19. The van der Waals surface area contributed by atoms with Crippen LogP contribution in [0.3, 0.4) is 0 Å². The molecule has 1 amide bonds. The fourth-order valence-electron chi connectivity index (χ4n) is 1.48. The molecule has 0 heterocycles. The Morgan fingerprint density at radius 1 is 1.56 bits per heavy atom. The second-order valence-corrected chi connectivity index (χ2v) is 3.84. The quantitative estimate of drug-likeness (QED) is 0.374. The monoisotopic (exact) mass is 246 g/mol. The molecule has 0 saturated carbocycles. The van der Waals surface area contributed by atoms with E-state index in [1.54, 1.807) is 13.0 Å². The molecule has 0 aromatic heterocycles. The van der Waals surface area contributed by atoms with Crippen molar-refractivity contribution in [3.8, 4) is 12.3 Å². The molecule has 0 radical (unpaired) electrons. The van der Waals surface area contributed by atoms with Gasteiger partial charge in [-0.05, 0) is 25.0 Å². The molecule has 0 aliphatic carbocycles. The minimum absolute atomic E-state index is 0.0840. The van der Waals surface area contributed by atoms with Crippen LogP contribution in [-0.4, -0.2) is 17.4 Å². The van der Waals surface area contributed by atoms with E-state index in [0.717, 1.165) is 5.56 Å². The van der Waals surface area contributed by atoms with Crippen molar-refractivity contribution in [2.45, 2.75) is 19.8 Å². The molecule has 1 N–H and O–H groups in total. The molecule has 1 aromatic rings. The van der Waals surface area contributed by atoms with Crippen molar-refractivity contribution in [1.29, 1.82) is 0 Å². The Bertz CT molecular complexity index is 503. The second-order valence-electron chi connectivity index (χ2n) is 3.84. The molecule has 94 valence electrons. The lowest BCUT2D eigenvalue weighted by Crippen LogP contribution is -2.25. The lowest BCUT2D eigenvalue weighted by molar-refractivity contribution is -0.385. The predicted molar refractivity (Wildman–Crippen MR) is 68.2 cm³/mol. The molecule has 1 aromatic carbocycles. The number of terminal acetylenes is 1. The number of rotatable bonds is 5. The van der Waals surface area contributed by atoms with Crippen molar-refractivity contribution >= 4 is 11.6 Å². The number of unbranched alkanes of at least 4 members (excludes halogenated alkanes) is 1. The zero-order valence-electron chi connectivity index (χ0n) is 10.1. The summed E-state index contributed by atoms with van der Waals surface area (Å²) in [4.78, 5) is 22.1. The third kappa shape index (κ3) is 3.59. The zero-order chi connectivity index (χ0) is 13.5. The standard InChI is InChI=1S/C13H14N2O3/c1-3-4-5-8-14-13(16)11-9-10(2)6-7-12(11)15(17)18/h1,6-7,9H,4-5,8H2,2H3,(H,14,16). The first kappa shape index (κ1) is 13.7. The van der Waals surface area contributed by atoms with Crippen LogP contribution < -0.4 is 5.32 Å². The molecule has 0 saturated heterocycles. The number of nitro benzene ring substituents is 1. The zero-order valence-corrected chi connectivity index (χ0v) is 10.1. The summed E-state index contributed by atoms with van der Waals surface area (Å²) in [5.41, 5.74) is 0.699. The molecular formula is C13H14N2O3. The maximum atomic E-state index is 11.8. The number of nitrogens with zero attached hydrogens (tertiary/aromatic N) is 1. The topological polar surface area (TPSA) is 72.2 Å². The summed E-state index contributed by atoms with van der Waals surface area (Å²) in [5, 5.41) is 13.4. The third-order valence-electron chi connectivity index (χ3n) is 2.38. The number of hydrogen-bond donors (Lipinski definition) is 1. The van der Waals surface area contributed by atoms with Crippen LogP contribution in [0.1, 0.15) is 28.8 Å². The molecule has 0 unspecified atom stereocenters. The Hall–Kier alpha value is -2.35. The molecule has 18 heavy (non-hydrogen) atoms. The van der Waals surface area contributed by atoms with Crippen molar-refractivity contribution in [3.05, 3.63) is 39.4 Å². The van der Waals surface area contributed by atoms with Gasteiger partial charge in [0.2, 0.25) is 0 Å². The van der Waals surface area contributed by atoms with Gasteiger partial charge in [-0.1, -0.05) is 6.07 Å². The van der Waals surface area contributed by atoms with Crippen LogP contribution in [0.15, 0.2) is 18.2 Å². The highest BCUT2D eigenvalue weighted by atomic mass is 16.6. The van der Waals surface area contributed by atoms with Crippen molar-refractivity contribution in [2.75, 3.05) is 6.54 Å². The number of carbonyl (C=O) groups is 1. The first-order chi connectivity index (χ1) is 8.56. The van der Waals surface area contributed by atoms with Crippen molar-refractivity contribution in [2.24, 2.45) is 0 Å².